The van der Waals surface area contributed by atoms with Crippen LogP contribution < -0.4 is 0 Å². The van der Waals surface area contributed by atoms with Gasteiger partial charge in [-0.05, 0) is 86.9 Å². The minimum Gasteiger partial charge on any atom is -0.317 e. The van der Waals surface area contributed by atoms with Crippen molar-refractivity contribution in [1.29, 1.82) is 0 Å². The first-order chi connectivity index (χ1) is 12.3. The van der Waals surface area contributed by atoms with Crippen LogP contribution in [0.15, 0.2) is 0 Å². The van der Waals surface area contributed by atoms with Crippen molar-refractivity contribution in [2.75, 3.05) is 0 Å². The van der Waals surface area contributed by atoms with E-state index in [0.717, 1.165) is 37.5 Å². The Kier molecular flexibility index (Phi) is 6.68. The first-order valence-electron chi connectivity index (χ1n) is 11.3. The van der Waals surface area contributed by atoms with E-state index in [2.05, 4.69) is 27.7 Å². The van der Waals surface area contributed by atoms with Crippen LogP contribution in [0.4, 0.5) is 8.78 Å². The quantitative estimate of drug-likeness (QED) is 0.504. The molecule has 0 aromatic carbocycles. The van der Waals surface area contributed by atoms with E-state index in [4.69, 9.17) is 4.74 Å². The van der Waals surface area contributed by atoms with E-state index in [9.17, 15) is 8.78 Å². The molecule has 0 aliphatic heterocycles. The predicted molar refractivity (Wildman–Crippen MR) is 103 cm³/mol. The first kappa shape index (κ1) is 20.6. The van der Waals surface area contributed by atoms with Gasteiger partial charge in [-0.25, -0.2) is 0 Å². The van der Waals surface area contributed by atoms with Crippen LogP contribution in [0, 0.1) is 41.4 Å². The third-order valence-corrected chi connectivity index (χ3v) is 8.50. The van der Waals surface area contributed by atoms with Gasteiger partial charge in [-0.15, -0.1) is 0 Å². The lowest BCUT2D eigenvalue weighted by molar-refractivity contribution is -0.311. The summed E-state index contributed by atoms with van der Waals surface area (Å²) in [5, 5.41) is 0. The second kappa shape index (κ2) is 8.45. The summed E-state index contributed by atoms with van der Waals surface area (Å²) >= 11 is 0. The summed E-state index contributed by atoms with van der Waals surface area (Å²) < 4.78 is 35.3. The molecular weight excluding hydrogens is 330 g/mol. The molecule has 0 spiro atoms. The second-order valence-electron chi connectivity index (χ2n) is 10.1. The fraction of sp³-hybridized carbons (Fsp3) is 1.00. The molecule has 3 fully saturated rings. The maximum Gasteiger partial charge on any atom is 0.358 e. The van der Waals surface area contributed by atoms with Crippen LogP contribution in [0.25, 0.3) is 0 Å². The number of rotatable bonds is 4. The molecule has 0 bridgehead atoms. The van der Waals surface area contributed by atoms with Gasteiger partial charge in [0.05, 0.1) is 12.0 Å². The highest BCUT2D eigenvalue weighted by atomic mass is 19.3. The van der Waals surface area contributed by atoms with Crippen LogP contribution in [0.1, 0.15) is 91.9 Å². The zero-order valence-corrected chi connectivity index (χ0v) is 17.4. The molecule has 0 radical (unpaired) electrons. The summed E-state index contributed by atoms with van der Waals surface area (Å²) in [6, 6.07) is 0. The van der Waals surface area contributed by atoms with Crippen LogP contribution in [-0.4, -0.2) is 12.2 Å². The molecule has 3 heteroatoms. The molecule has 0 aromatic heterocycles. The van der Waals surface area contributed by atoms with Crippen LogP contribution in [0.3, 0.4) is 0 Å². The van der Waals surface area contributed by atoms with Crippen molar-refractivity contribution >= 4 is 0 Å². The van der Waals surface area contributed by atoms with Gasteiger partial charge in [0.25, 0.3) is 0 Å². The van der Waals surface area contributed by atoms with Gasteiger partial charge >= 0.3 is 6.11 Å². The average molecular weight is 371 g/mol. The van der Waals surface area contributed by atoms with Crippen LogP contribution >= 0.6 is 0 Å². The highest BCUT2D eigenvalue weighted by Crippen LogP contribution is 2.47. The monoisotopic (exact) mass is 370 g/mol. The maximum absolute atomic E-state index is 14.9. The van der Waals surface area contributed by atoms with Crippen molar-refractivity contribution in [3.63, 3.8) is 0 Å². The smallest absolute Gasteiger partial charge is 0.317 e. The van der Waals surface area contributed by atoms with Crippen molar-refractivity contribution < 1.29 is 13.5 Å². The van der Waals surface area contributed by atoms with Crippen LogP contribution in [-0.2, 0) is 4.74 Å². The van der Waals surface area contributed by atoms with E-state index in [1.54, 1.807) is 0 Å². The molecule has 0 N–H and O–H groups in total. The van der Waals surface area contributed by atoms with Crippen molar-refractivity contribution in [2.24, 2.45) is 41.4 Å². The molecule has 4 atom stereocenters. The Balaban J connectivity index is 1.50. The molecule has 0 heterocycles. The lowest BCUT2D eigenvalue weighted by atomic mass is 9.69. The minimum atomic E-state index is -2.94. The molecule has 0 saturated heterocycles. The average Bonchev–Trinajstić information content (AvgIpc) is 2.63. The van der Waals surface area contributed by atoms with Gasteiger partial charge in [-0.3, -0.25) is 0 Å². The van der Waals surface area contributed by atoms with E-state index in [1.165, 1.54) is 25.7 Å². The van der Waals surface area contributed by atoms with E-state index in [-0.39, 0.29) is 12.0 Å². The summed E-state index contributed by atoms with van der Waals surface area (Å²) in [5.74, 6) is 3.09. The molecule has 3 aliphatic rings. The van der Waals surface area contributed by atoms with Crippen LogP contribution in [0.2, 0.25) is 0 Å². The van der Waals surface area contributed by atoms with Gasteiger partial charge in [0.1, 0.15) is 0 Å². The maximum atomic E-state index is 14.9. The van der Waals surface area contributed by atoms with Crippen molar-refractivity contribution in [3.8, 4) is 0 Å². The van der Waals surface area contributed by atoms with E-state index >= 15 is 0 Å². The summed E-state index contributed by atoms with van der Waals surface area (Å²) in [6.45, 7) is 8.88. The highest BCUT2D eigenvalue weighted by molar-refractivity contribution is 4.86. The third-order valence-electron chi connectivity index (χ3n) is 8.50. The predicted octanol–water partition coefficient (Wildman–Crippen LogP) is 7.30. The molecule has 3 aliphatic carbocycles. The van der Waals surface area contributed by atoms with E-state index < -0.39 is 12.0 Å². The molecule has 0 amide bonds. The lowest BCUT2D eigenvalue weighted by Crippen LogP contribution is -2.44. The third kappa shape index (κ3) is 4.62. The van der Waals surface area contributed by atoms with Crippen molar-refractivity contribution in [2.45, 2.75) is 104 Å². The van der Waals surface area contributed by atoms with Crippen molar-refractivity contribution in [3.05, 3.63) is 0 Å². The van der Waals surface area contributed by atoms with Crippen LogP contribution in [0.5, 0.6) is 0 Å². The van der Waals surface area contributed by atoms with E-state index in [1.807, 2.05) is 0 Å². The van der Waals surface area contributed by atoms with Gasteiger partial charge in [-0.2, -0.15) is 8.78 Å². The molecular formula is C23H40F2O. The Morgan fingerprint density at radius 1 is 0.654 bits per heavy atom. The zero-order chi connectivity index (χ0) is 18.9. The minimum absolute atomic E-state index is 0.227. The molecule has 0 aromatic rings. The molecule has 1 nitrogen and oxygen atoms in total. The Morgan fingerprint density at radius 3 is 1.77 bits per heavy atom. The topological polar surface area (TPSA) is 9.23 Å². The Hall–Kier alpha value is -0.180. The molecule has 26 heavy (non-hydrogen) atoms. The summed E-state index contributed by atoms with van der Waals surface area (Å²) in [7, 11) is 0. The number of hydrogen-bond acceptors (Lipinski definition) is 1. The zero-order valence-electron chi connectivity index (χ0n) is 17.4. The molecule has 3 rings (SSSR count). The van der Waals surface area contributed by atoms with Gasteiger partial charge in [0.2, 0.25) is 0 Å². The number of hydrogen-bond donors (Lipinski definition) is 0. The molecule has 4 unspecified atom stereocenters. The largest absolute Gasteiger partial charge is 0.358 e. The molecule has 3 saturated carbocycles. The lowest BCUT2D eigenvalue weighted by Gasteiger charge is -2.43. The van der Waals surface area contributed by atoms with Crippen molar-refractivity contribution in [1.82, 2.24) is 0 Å². The van der Waals surface area contributed by atoms with Gasteiger partial charge < -0.3 is 4.74 Å². The number of ether oxygens (including phenoxy) is 1. The molecule has 152 valence electrons. The Bertz CT molecular complexity index is 435. The van der Waals surface area contributed by atoms with Gasteiger partial charge in [0, 0.05) is 0 Å². The highest BCUT2D eigenvalue weighted by Gasteiger charge is 2.47. The van der Waals surface area contributed by atoms with Gasteiger partial charge in [-0.1, -0.05) is 40.5 Å². The number of alkyl halides is 2. The van der Waals surface area contributed by atoms with Gasteiger partial charge in [0.15, 0.2) is 0 Å². The summed E-state index contributed by atoms with van der Waals surface area (Å²) in [6.07, 6.45) is 7.16. The Labute approximate surface area is 159 Å². The second-order valence-corrected chi connectivity index (χ2v) is 10.1. The number of halogens is 2. The standard InChI is InChI=1S/C23H40F2O/c1-15-5-8-19(9-6-15)20-10-12-21(13-11-20)23(24,25)26-22-14-7-16(2)17(3)18(22)4/h15-22H,5-14H2,1-4H3. The fourth-order valence-electron chi connectivity index (χ4n) is 5.96. The summed E-state index contributed by atoms with van der Waals surface area (Å²) in [4.78, 5) is 0. The van der Waals surface area contributed by atoms with E-state index in [0.29, 0.717) is 30.6 Å². The SMILES string of the molecule is CC1CCC(C2CCC(C(F)(F)OC3CCC(C)C(C)C3C)CC2)CC1. The summed E-state index contributed by atoms with van der Waals surface area (Å²) in [5.41, 5.74) is 0. The normalized spacial score (nSPS) is 45.5. The Morgan fingerprint density at radius 2 is 1.19 bits per heavy atom. The fourth-order valence-corrected chi connectivity index (χ4v) is 5.96. The first-order valence-corrected chi connectivity index (χ1v) is 11.3.